The number of carbonyl (C=O) groups is 1. The van der Waals surface area contributed by atoms with E-state index in [0.29, 0.717) is 18.7 Å². The molecule has 5 rings (SSSR count). The van der Waals surface area contributed by atoms with Gasteiger partial charge in [-0.15, -0.1) is 0 Å². The molecule has 1 aliphatic heterocycles. The van der Waals surface area contributed by atoms with E-state index in [1.165, 1.54) is 5.56 Å². The van der Waals surface area contributed by atoms with Gasteiger partial charge >= 0.3 is 0 Å². The van der Waals surface area contributed by atoms with Crippen molar-refractivity contribution in [2.45, 2.75) is 19.9 Å². The lowest BCUT2D eigenvalue weighted by Gasteiger charge is -2.29. The summed E-state index contributed by atoms with van der Waals surface area (Å²) >= 11 is 0. The molecule has 0 spiro atoms. The van der Waals surface area contributed by atoms with E-state index in [0.717, 1.165) is 39.7 Å². The van der Waals surface area contributed by atoms with Crippen LogP contribution in [0.25, 0.3) is 22.2 Å². The number of hydrogen-bond donors (Lipinski definition) is 1. The first kappa shape index (κ1) is 18.3. The summed E-state index contributed by atoms with van der Waals surface area (Å²) in [5.41, 5.74) is 6.31. The Bertz CT molecular complexity index is 1270. The molecule has 3 heterocycles. The zero-order chi connectivity index (χ0) is 20.7. The number of aromatic nitrogens is 2. The van der Waals surface area contributed by atoms with Gasteiger partial charge in [0.25, 0.3) is 5.91 Å². The summed E-state index contributed by atoms with van der Waals surface area (Å²) in [6, 6.07) is 17.1. The van der Waals surface area contributed by atoms with Crippen LogP contribution < -0.4 is 0 Å². The Morgan fingerprint density at radius 2 is 1.97 bits per heavy atom. The van der Waals surface area contributed by atoms with Gasteiger partial charge in [-0.2, -0.15) is 0 Å². The van der Waals surface area contributed by atoms with Crippen LogP contribution in [-0.4, -0.2) is 32.4 Å². The number of fused-ring (bicyclic) bond motifs is 2. The first-order valence-electron chi connectivity index (χ1n) is 10.0. The number of rotatable bonds is 2. The Kier molecular flexibility index (Phi) is 4.43. The predicted octanol–water partition coefficient (Wildman–Crippen LogP) is 4.51. The number of aryl methyl sites for hydroxylation is 1. The molecule has 1 aliphatic rings. The fourth-order valence-electron chi connectivity index (χ4n) is 4.07. The van der Waals surface area contributed by atoms with E-state index >= 15 is 0 Å². The van der Waals surface area contributed by atoms with Crippen LogP contribution in [0.15, 0.2) is 67.0 Å². The minimum absolute atomic E-state index is 0.0212. The van der Waals surface area contributed by atoms with Crippen LogP contribution in [0.1, 0.15) is 27.0 Å². The van der Waals surface area contributed by atoms with Crippen molar-refractivity contribution in [1.82, 2.24) is 14.9 Å². The molecule has 1 amide bonds. The third kappa shape index (κ3) is 3.28. The van der Waals surface area contributed by atoms with Crippen molar-refractivity contribution in [3.8, 4) is 17.0 Å². The van der Waals surface area contributed by atoms with Gasteiger partial charge in [0.1, 0.15) is 5.75 Å². The first-order chi connectivity index (χ1) is 14.6. The predicted molar refractivity (Wildman–Crippen MR) is 116 cm³/mol. The minimum Gasteiger partial charge on any atom is -0.508 e. The second kappa shape index (κ2) is 7.26. The van der Waals surface area contributed by atoms with Gasteiger partial charge in [-0.3, -0.25) is 9.78 Å². The molecule has 30 heavy (non-hydrogen) atoms. The largest absolute Gasteiger partial charge is 0.508 e. The van der Waals surface area contributed by atoms with Gasteiger partial charge in [-0.05, 0) is 66.9 Å². The van der Waals surface area contributed by atoms with E-state index in [-0.39, 0.29) is 11.7 Å². The maximum atomic E-state index is 13.6. The van der Waals surface area contributed by atoms with Crippen molar-refractivity contribution >= 4 is 16.8 Å². The molecule has 0 unspecified atom stereocenters. The first-order valence-corrected chi connectivity index (χ1v) is 10.0. The van der Waals surface area contributed by atoms with Crippen molar-refractivity contribution < 1.29 is 9.90 Å². The Labute approximate surface area is 174 Å². The summed E-state index contributed by atoms with van der Waals surface area (Å²) in [6.45, 7) is 3.15. The fourth-order valence-corrected chi connectivity index (χ4v) is 4.07. The molecule has 0 atom stereocenters. The van der Waals surface area contributed by atoms with Gasteiger partial charge < -0.3 is 10.0 Å². The van der Waals surface area contributed by atoms with E-state index in [1.807, 2.05) is 54.3 Å². The zero-order valence-corrected chi connectivity index (χ0v) is 16.7. The summed E-state index contributed by atoms with van der Waals surface area (Å²) in [6.07, 6.45) is 4.26. The molecule has 5 heteroatoms. The van der Waals surface area contributed by atoms with Crippen LogP contribution in [0.2, 0.25) is 0 Å². The Morgan fingerprint density at radius 3 is 2.80 bits per heavy atom. The number of phenols is 1. The van der Waals surface area contributed by atoms with Gasteiger partial charge in [0.15, 0.2) is 0 Å². The van der Waals surface area contributed by atoms with Crippen LogP contribution in [0, 0.1) is 6.92 Å². The summed E-state index contributed by atoms with van der Waals surface area (Å²) in [4.78, 5) is 24.4. The molecular weight excluding hydrogens is 374 g/mol. The van der Waals surface area contributed by atoms with Gasteiger partial charge in [0, 0.05) is 36.4 Å². The quantitative estimate of drug-likeness (QED) is 0.542. The molecule has 0 fully saturated rings. The topological polar surface area (TPSA) is 66.3 Å². The van der Waals surface area contributed by atoms with Crippen molar-refractivity contribution in [2.24, 2.45) is 0 Å². The van der Waals surface area contributed by atoms with E-state index < -0.39 is 0 Å². The third-order valence-electron chi connectivity index (χ3n) is 5.64. The number of aromatic hydroxyl groups is 1. The summed E-state index contributed by atoms with van der Waals surface area (Å²) < 4.78 is 0. The number of pyridine rings is 2. The fraction of sp³-hybridized carbons (Fsp3) is 0.160. The van der Waals surface area contributed by atoms with E-state index in [9.17, 15) is 9.90 Å². The molecule has 0 saturated carbocycles. The van der Waals surface area contributed by atoms with Crippen LogP contribution in [0.5, 0.6) is 5.75 Å². The van der Waals surface area contributed by atoms with Gasteiger partial charge in [-0.25, -0.2) is 4.98 Å². The molecule has 2 aromatic heterocycles. The Hall–Kier alpha value is -3.73. The van der Waals surface area contributed by atoms with Gasteiger partial charge in [-0.1, -0.05) is 17.7 Å². The third-order valence-corrected chi connectivity index (χ3v) is 5.64. The lowest BCUT2D eigenvalue weighted by molar-refractivity contribution is 0.0736. The number of amides is 1. The highest BCUT2D eigenvalue weighted by Crippen LogP contribution is 2.29. The van der Waals surface area contributed by atoms with Crippen molar-refractivity contribution in [1.29, 1.82) is 0 Å². The van der Waals surface area contributed by atoms with Crippen LogP contribution >= 0.6 is 0 Å². The average Bonchev–Trinajstić information content (AvgIpc) is 2.78. The van der Waals surface area contributed by atoms with Gasteiger partial charge in [0.2, 0.25) is 0 Å². The summed E-state index contributed by atoms with van der Waals surface area (Å²) in [7, 11) is 0. The number of phenolic OH excluding ortho intramolecular Hbond substituents is 1. The summed E-state index contributed by atoms with van der Waals surface area (Å²) in [5, 5.41) is 10.7. The van der Waals surface area contributed by atoms with E-state index in [2.05, 4.69) is 4.98 Å². The molecule has 2 aromatic carbocycles. The monoisotopic (exact) mass is 395 g/mol. The Morgan fingerprint density at radius 1 is 1.07 bits per heavy atom. The average molecular weight is 395 g/mol. The minimum atomic E-state index is -0.0212. The van der Waals surface area contributed by atoms with E-state index in [4.69, 9.17) is 4.98 Å². The lowest BCUT2D eigenvalue weighted by Crippen LogP contribution is -2.36. The van der Waals surface area contributed by atoms with Crippen molar-refractivity contribution in [2.75, 3.05) is 6.54 Å². The SMILES string of the molecule is Cc1ccc2nc(-c3cccnc3)cc(C(=O)N3CCc4ccc(O)cc4C3)c2c1. The highest BCUT2D eigenvalue weighted by atomic mass is 16.3. The van der Waals surface area contributed by atoms with E-state index in [1.54, 1.807) is 24.5 Å². The smallest absolute Gasteiger partial charge is 0.254 e. The number of benzene rings is 2. The highest BCUT2D eigenvalue weighted by molar-refractivity contribution is 6.07. The standard InChI is InChI=1S/C25H21N3O2/c1-16-4-7-23-21(11-16)22(13-24(27-23)18-3-2-9-26-14-18)25(30)28-10-8-17-5-6-20(29)12-19(17)15-28/h2-7,9,11-14,29H,8,10,15H2,1H3. The summed E-state index contributed by atoms with van der Waals surface area (Å²) in [5.74, 6) is 0.207. The lowest BCUT2D eigenvalue weighted by atomic mass is 9.97. The van der Waals surface area contributed by atoms with Crippen molar-refractivity contribution in [3.05, 3.63) is 89.2 Å². The molecule has 0 bridgehead atoms. The van der Waals surface area contributed by atoms with Crippen LogP contribution in [0.4, 0.5) is 0 Å². The zero-order valence-electron chi connectivity index (χ0n) is 16.7. The second-order valence-electron chi connectivity index (χ2n) is 7.75. The number of nitrogens with zero attached hydrogens (tertiary/aromatic N) is 3. The molecule has 1 N–H and O–H groups in total. The normalized spacial score (nSPS) is 13.3. The molecule has 0 radical (unpaired) electrons. The number of carbonyl (C=O) groups excluding carboxylic acids is 1. The number of hydrogen-bond acceptors (Lipinski definition) is 4. The van der Waals surface area contributed by atoms with Crippen LogP contribution in [0.3, 0.4) is 0 Å². The second-order valence-corrected chi connectivity index (χ2v) is 7.75. The maximum absolute atomic E-state index is 13.6. The van der Waals surface area contributed by atoms with Gasteiger partial charge in [0.05, 0.1) is 16.8 Å². The molecule has 0 aliphatic carbocycles. The molecule has 4 aromatic rings. The molecule has 148 valence electrons. The molecular formula is C25H21N3O2. The molecule has 0 saturated heterocycles. The highest BCUT2D eigenvalue weighted by Gasteiger charge is 2.24. The van der Waals surface area contributed by atoms with Crippen LogP contribution in [-0.2, 0) is 13.0 Å². The Balaban J connectivity index is 1.60. The van der Waals surface area contributed by atoms with Crippen molar-refractivity contribution in [3.63, 3.8) is 0 Å². The molecule has 5 nitrogen and oxygen atoms in total. The maximum Gasteiger partial charge on any atom is 0.254 e.